The van der Waals surface area contributed by atoms with E-state index >= 15 is 0 Å². The second-order valence-electron chi connectivity index (χ2n) is 4.78. The minimum absolute atomic E-state index is 0.0412. The molecule has 26 heavy (non-hydrogen) atoms. The van der Waals surface area contributed by atoms with Crippen molar-refractivity contribution in [2.75, 3.05) is 7.11 Å². The summed E-state index contributed by atoms with van der Waals surface area (Å²) in [5.74, 6) is -2.64. The second kappa shape index (κ2) is 8.88. The molecule has 0 aliphatic heterocycles. The van der Waals surface area contributed by atoms with Crippen LogP contribution in [0.2, 0.25) is 0 Å². The number of carbonyl (C=O) groups excluding carboxylic acids is 2. The van der Waals surface area contributed by atoms with Crippen molar-refractivity contribution in [2.45, 2.75) is 0 Å². The van der Waals surface area contributed by atoms with Crippen LogP contribution in [0.1, 0.15) is 10.4 Å². The number of rotatable bonds is 6. The Morgan fingerprint density at radius 1 is 0.923 bits per heavy atom. The summed E-state index contributed by atoms with van der Waals surface area (Å²) >= 11 is 0. The van der Waals surface area contributed by atoms with E-state index in [-0.39, 0.29) is 17.1 Å². The Morgan fingerprint density at radius 2 is 1.50 bits per heavy atom. The number of hydrogen-bond donors (Lipinski definition) is 2. The molecular weight excluding hydrogens is 342 g/mol. The number of amides is 2. The van der Waals surface area contributed by atoms with E-state index in [1.807, 2.05) is 0 Å². The number of aliphatic carboxylic acids is 1. The molecule has 2 N–H and O–H groups in total. The lowest BCUT2D eigenvalue weighted by Gasteiger charge is -2.11. The topological polar surface area (TPSA) is 111 Å². The normalized spacial score (nSPS) is 10.6. The first kappa shape index (κ1) is 18.5. The van der Waals surface area contributed by atoms with Crippen molar-refractivity contribution < 1.29 is 33.7 Å². The molecule has 0 bridgehead atoms. The largest absolute Gasteiger partial charge is 0.500 e. The van der Waals surface area contributed by atoms with E-state index in [1.54, 1.807) is 30.3 Å². The Morgan fingerprint density at radius 3 is 2.08 bits per heavy atom. The number of carbonyl (C=O) groups is 3. The molecular formula is C18H15NO7. The zero-order valence-electron chi connectivity index (χ0n) is 13.7. The number of imide groups is 1. The molecule has 2 aromatic rings. The standard InChI is InChI=1S/C18H15NO7/c1-24-11-15(17(21)22)25-13-9-5-6-10-14(13)26-18(23)19-16(20)12-7-3-2-4-8-12/h2-11H,1H3,(H,21,22)(H,19,20,23). The summed E-state index contributed by atoms with van der Waals surface area (Å²) in [5, 5.41) is 11.1. The molecule has 134 valence electrons. The first-order valence-corrected chi connectivity index (χ1v) is 7.32. The van der Waals surface area contributed by atoms with Crippen LogP contribution >= 0.6 is 0 Å². The predicted molar refractivity (Wildman–Crippen MR) is 89.7 cm³/mol. The van der Waals surface area contributed by atoms with Gasteiger partial charge < -0.3 is 19.3 Å². The highest BCUT2D eigenvalue weighted by Crippen LogP contribution is 2.28. The first-order chi connectivity index (χ1) is 12.5. The van der Waals surface area contributed by atoms with Crippen molar-refractivity contribution in [3.8, 4) is 11.5 Å². The number of methoxy groups -OCH3 is 1. The Hall–Kier alpha value is -3.81. The highest BCUT2D eigenvalue weighted by molar-refractivity contribution is 6.03. The summed E-state index contributed by atoms with van der Waals surface area (Å²) in [7, 11) is 1.26. The number of carboxylic acids is 1. The molecule has 0 aliphatic carbocycles. The fourth-order valence-electron chi connectivity index (χ4n) is 1.84. The van der Waals surface area contributed by atoms with Gasteiger partial charge in [-0.25, -0.2) is 9.59 Å². The molecule has 0 spiro atoms. The fraction of sp³-hybridized carbons (Fsp3) is 0.0556. The van der Waals surface area contributed by atoms with E-state index < -0.39 is 23.7 Å². The monoisotopic (exact) mass is 357 g/mol. The summed E-state index contributed by atoms with van der Waals surface area (Å²) in [4.78, 5) is 35.0. The van der Waals surface area contributed by atoms with Gasteiger partial charge in [0.1, 0.15) is 6.26 Å². The number of hydrogen-bond acceptors (Lipinski definition) is 6. The zero-order chi connectivity index (χ0) is 18.9. The SMILES string of the molecule is COC=C(Oc1ccccc1OC(=O)NC(=O)c1ccccc1)C(=O)O. The number of benzene rings is 2. The van der Waals surface area contributed by atoms with Gasteiger partial charge in [0.15, 0.2) is 11.5 Å². The van der Waals surface area contributed by atoms with Crippen molar-refractivity contribution in [3.63, 3.8) is 0 Å². The molecule has 2 amide bonds. The van der Waals surface area contributed by atoms with E-state index in [0.717, 1.165) is 6.26 Å². The Kier molecular flexibility index (Phi) is 6.33. The van der Waals surface area contributed by atoms with E-state index in [1.165, 1.54) is 31.4 Å². The van der Waals surface area contributed by atoms with Gasteiger partial charge in [-0.3, -0.25) is 10.1 Å². The molecule has 0 heterocycles. The molecule has 0 radical (unpaired) electrons. The van der Waals surface area contributed by atoms with Crippen LogP contribution in [0.15, 0.2) is 66.6 Å². The van der Waals surface area contributed by atoms with Gasteiger partial charge in [-0.1, -0.05) is 30.3 Å². The second-order valence-corrected chi connectivity index (χ2v) is 4.78. The van der Waals surface area contributed by atoms with Gasteiger partial charge in [0.05, 0.1) is 7.11 Å². The summed E-state index contributed by atoms with van der Waals surface area (Å²) in [6.07, 6.45) is -0.152. The van der Waals surface area contributed by atoms with Crippen LogP contribution in [0, 0.1) is 0 Å². The molecule has 2 aromatic carbocycles. The maximum Gasteiger partial charge on any atom is 0.419 e. The van der Waals surface area contributed by atoms with Gasteiger partial charge in [-0.15, -0.1) is 0 Å². The summed E-state index contributed by atoms with van der Waals surface area (Å²) in [5.41, 5.74) is 0.283. The van der Waals surface area contributed by atoms with Crippen LogP contribution in [0.5, 0.6) is 11.5 Å². The third-order valence-corrected chi connectivity index (χ3v) is 2.96. The van der Waals surface area contributed by atoms with Crippen LogP contribution in [0.3, 0.4) is 0 Å². The Balaban J connectivity index is 2.10. The van der Waals surface area contributed by atoms with Crippen LogP contribution < -0.4 is 14.8 Å². The van der Waals surface area contributed by atoms with Crippen LogP contribution in [-0.2, 0) is 9.53 Å². The van der Waals surface area contributed by atoms with Crippen molar-refractivity contribution in [1.82, 2.24) is 5.32 Å². The molecule has 0 saturated heterocycles. The van der Waals surface area contributed by atoms with E-state index in [2.05, 4.69) is 10.1 Å². The third kappa shape index (κ3) is 5.10. The molecule has 0 fully saturated rings. The lowest BCUT2D eigenvalue weighted by molar-refractivity contribution is -0.135. The third-order valence-electron chi connectivity index (χ3n) is 2.96. The van der Waals surface area contributed by atoms with E-state index in [0.29, 0.717) is 0 Å². The van der Waals surface area contributed by atoms with Gasteiger partial charge >= 0.3 is 12.1 Å². The van der Waals surface area contributed by atoms with Crippen molar-refractivity contribution in [2.24, 2.45) is 0 Å². The molecule has 0 aliphatic rings. The van der Waals surface area contributed by atoms with Crippen LogP contribution in [0.25, 0.3) is 0 Å². The predicted octanol–water partition coefficient (Wildman–Crippen LogP) is 2.57. The minimum atomic E-state index is -1.37. The Bertz CT molecular complexity index is 830. The summed E-state index contributed by atoms with van der Waals surface area (Å²) in [6, 6.07) is 14.0. The van der Waals surface area contributed by atoms with E-state index in [9.17, 15) is 14.4 Å². The summed E-state index contributed by atoms with van der Waals surface area (Å²) < 4.78 is 14.9. The lowest BCUT2D eigenvalue weighted by Crippen LogP contribution is -2.33. The van der Waals surface area contributed by atoms with Crippen LogP contribution in [-0.4, -0.2) is 30.2 Å². The van der Waals surface area contributed by atoms with Crippen molar-refractivity contribution in [3.05, 3.63) is 72.2 Å². The number of carboxylic acid groups (broad SMARTS) is 1. The molecule has 0 unspecified atom stereocenters. The van der Waals surface area contributed by atoms with Crippen LogP contribution in [0.4, 0.5) is 4.79 Å². The van der Waals surface area contributed by atoms with Gasteiger partial charge in [0.2, 0.25) is 5.76 Å². The van der Waals surface area contributed by atoms with Gasteiger partial charge in [0, 0.05) is 5.56 Å². The smallest absolute Gasteiger partial charge is 0.419 e. The Labute approximate surface area is 148 Å². The molecule has 2 rings (SSSR count). The number of nitrogens with one attached hydrogen (secondary N) is 1. The highest BCUT2D eigenvalue weighted by Gasteiger charge is 2.17. The molecule has 0 saturated carbocycles. The molecule has 8 heteroatoms. The average molecular weight is 357 g/mol. The number of para-hydroxylation sites is 2. The molecule has 0 atom stereocenters. The number of ether oxygens (including phenoxy) is 3. The maximum absolute atomic E-state index is 11.9. The quantitative estimate of drug-likeness (QED) is 0.604. The lowest BCUT2D eigenvalue weighted by atomic mass is 10.2. The minimum Gasteiger partial charge on any atom is -0.500 e. The highest BCUT2D eigenvalue weighted by atomic mass is 16.6. The first-order valence-electron chi connectivity index (χ1n) is 7.32. The maximum atomic E-state index is 11.9. The molecule has 8 nitrogen and oxygen atoms in total. The van der Waals surface area contributed by atoms with Crippen molar-refractivity contribution >= 4 is 18.0 Å². The summed E-state index contributed by atoms with van der Waals surface area (Å²) in [6.45, 7) is 0. The van der Waals surface area contributed by atoms with Crippen molar-refractivity contribution in [1.29, 1.82) is 0 Å². The van der Waals surface area contributed by atoms with Gasteiger partial charge in [-0.05, 0) is 24.3 Å². The molecule has 0 aromatic heterocycles. The van der Waals surface area contributed by atoms with Gasteiger partial charge in [0.25, 0.3) is 5.91 Å². The fourth-order valence-corrected chi connectivity index (χ4v) is 1.84. The van der Waals surface area contributed by atoms with Gasteiger partial charge in [-0.2, -0.15) is 0 Å². The average Bonchev–Trinajstić information content (AvgIpc) is 2.63. The zero-order valence-corrected chi connectivity index (χ0v) is 13.7. The van der Waals surface area contributed by atoms with E-state index in [4.69, 9.17) is 14.6 Å².